The van der Waals surface area contributed by atoms with Crippen LogP contribution in [0.2, 0.25) is 0 Å². The number of Topliss-reactive ketones (excluding diaryl/α,β-unsaturated/α-hetero) is 1. The minimum Gasteiger partial charge on any atom is -0.358 e. The van der Waals surface area contributed by atoms with Crippen LogP contribution in [-0.4, -0.2) is 51.4 Å². The summed E-state index contributed by atoms with van der Waals surface area (Å²) in [6.07, 6.45) is 5.26. The Morgan fingerprint density at radius 1 is 0.735 bits per heavy atom. The van der Waals surface area contributed by atoms with Crippen molar-refractivity contribution in [1.29, 1.82) is 0 Å². The molecule has 6 heteroatoms. The Kier molecular flexibility index (Phi) is 5.26. The molecule has 174 valence electrons. The molecule has 6 nitrogen and oxygen atoms in total. The van der Waals surface area contributed by atoms with E-state index in [1.54, 1.807) is 0 Å². The average molecular weight is 455 g/mol. The molecule has 0 amide bonds. The van der Waals surface area contributed by atoms with Crippen molar-refractivity contribution in [2.75, 3.05) is 31.1 Å². The van der Waals surface area contributed by atoms with Gasteiger partial charge in [-0.2, -0.15) is 0 Å². The van der Waals surface area contributed by atoms with E-state index in [0.717, 1.165) is 67.7 Å². The quantitative estimate of drug-likeness (QED) is 0.458. The lowest BCUT2D eigenvalue weighted by atomic mass is 9.83. The topological polar surface area (TPSA) is 50.0 Å². The third-order valence-electron chi connectivity index (χ3n) is 7.85. The van der Waals surface area contributed by atoms with Crippen molar-refractivity contribution in [3.63, 3.8) is 0 Å². The molecule has 0 aliphatic carbocycles. The van der Waals surface area contributed by atoms with Gasteiger partial charge in [0.2, 0.25) is 0 Å². The Hall–Kier alpha value is -3.38. The Morgan fingerprint density at radius 2 is 1.44 bits per heavy atom. The fraction of sp³-hybridized carbons (Fsp3) is 0.357. The van der Waals surface area contributed by atoms with E-state index in [1.807, 2.05) is 51.6 Å². The number of carbonyl (C=O) groups excluding carboxylic acids is 1. The molecule has 0 saturated carbocycles. The number of likely N-dealkylation sites (tertiary alicyclic amines) is 1. The van der Waals surface area contributed by atoms with Gasteiger partial charge in [0.15, 0.2) is 5.78 Å². The largest absolute Gasteiger partial charge is 0.358 e. The Labute approximate surface area is 199 Å². The van der Waals surface area contributed by atoms with Crippen molar-refractivity contribution in [1.82, 2.24) is 13.9 Å². The second-order valence-electron chi connectivity index (χ2n) is 9.60. The first-order valence-electron chi connectivity index (χ1n) is 12.3. The van der Waals surface area contributed by atoms with Crippen LogP contribution < -0.4 is 10.5 Å². The number of hydrogen-bond donors (Lipinski definition) is 0. The lowest BCUT2D eigenvalue weighted by molar-refractivity contribution is -0.123. The zero-order chi connectivity index (χ0) is 23.1. The van der Waals surface area contributed by atoms with E-state index in [2.05, 4.69) is 40.1 Å². The molecule has 2 fully saturated rings. The van der Waals surface area contributed by atoms with Crippen LogP contribution in [0.25, 0.3) is 16.6 Å². The van der Waals surface area contributed by atoms with Crippen LogP contribution in [0.3, 0.4) is 0 Å². The molecule has 2 aliphatic rings. The summed E-state index contributed by atoms with van der Waals surface area (Å²) in [5, 5.41) is 0. The molecule has 34 heavy (non-hydrogen) atoms. The van der Waals surface area contributed by atoms with Gasteiger partial charge in [0.1, 0.15) is 11.1 Å². The SMILES string of the molecule is O=C1CCN(c2ccccc2)C12CCN(CCCn1c(=O)c3cccn3c3ccccc31)CC2. The van der Waals surface area contributed by atoms with Crippen molar-refractivity contribution in [3.05, 3.63) is 83.3 Å². The average Bonchev–Trinajstić information content (AvgIpc) is 3.49. The van der Waals surface area contributed by atoms with E-state index in [1.165, 1.54) is 0 Å². The molecule has 2 saturated heterocycles. The van der Waals surface area contributed by atoms with Gasteiger partial charge in [-0.05, 0) is 62.2 Å². The fourth-order valence-corrected chi connectivity index (χ4v) is 6.07. The third-order valence-corrected chi connectivity index (χ3v) is 7.85. The molecule has 2 aliphatic heterocycles. The first kappa shape index (κ1) is 21.2. The van der Waals surface area contributed by atoms with Crippen LogP contribution in [0.4, 0.5) is 5.69 Å². The predicted molar refractivity (Wildman–Crippen MR) is 136 cm³/mol. The summed E-state index contributed by atoms with van der Waals surface area (Å²) >= 11 is 0. The highest BCUT2D eigenvalue weighted by molar-refractivity contribution is 5.95. The van der Waals surface area contributed by atoms with Crippen LogP contribution >= 0.6 is 0 Å². The highest BCUT2D eigenvalue weighted by atomic mass is 16.1. The number of nitrogens with zero attached hydrogens (tertiary/aromatic N) is 4. The van der Waals surface area contributed by atoms with Crippen LogP contribution in [-0.2, 0) is 11.3 Å². The van der Waals surface area contributed by atoms with Crippen molar-refractivity contribution in [3.8, 4) is 0 Å². The van der Waals surface area contributed by atoms with Gasteiger partial charge in [0.05, 0.1) is 11.0 Å². The number of aromatic nitrogens is 2. The number of fused-ring (bicyclic) bond motifs is 3. The van der Waals surface area contributed by atoms with E-state index in [0.29, 0.717) is 18.7 Å². The number of benzene rings is 2. The zero-order valence-electron chi connectivity index (χ0n) is 19.4. The maximum absolute atomic E-state index is 13.1. The summed E-state index contributed by atoms with van der Waals surface area (Å²) in [7, 11) is 0. The maximum Gasteiger partial charge on any atom is 0.275 e. The smallest absolute Gasteiger partial charge is 0.275 e. The Bertz CT molecular complexity index is 1400. The normalized spacial score (nSPS) is 18.5. The molecule has 2 aromatic carbocycles. The summed E-state index contributed by atoms with van der Waals surface area (Å²) in [5.41, 5.74) is 3.64. The van der Waals surface area contributed by atoms with Crippen LogP contribution in [0, 0.1) is 0 Å². The first-order valence-corrected chi connectivity index (χ1v) is 12.3. The molecule has 0 bridgehead atoms. The summed E-state index contributed by atoms with van der Waals surface area (Å²) in [6, 6.07) is 22.3. The number of ketones is 1. The monoisotopic (exact) mass is 454 g/mol. The van der Waals surface area contributed by atoms with E-state index in [9.17, 15) is 9.59 Å². The number of anilines is 1. The molecule has 1 spiro atoms. The van der Waals surface area contributed by atoms with Crippen molar-refractivity contribution in [2.24, 2.45) is 0 Å². The lowest BCUT2D eigenvalue weighted by Gasteiger charge is -2.44. The third kappa shape index (κ3) is 3.36. The van der Waals surface area contributed by atoms with Gasteiger partial charge < -0.3 is 18.8 Å². The van der Waals surface area contributed by atoms with E-state index in [4.69, 9.17) is 0 Å². The number of para-hydroxylation sites is 3. The highest BCUT2D eigenvalue weighted by Gasteiger charge is 2.49. The van der Waals surface area contributed by atoms with Gasteiger partial charge in [0, 0.05) is 44.5 Å². The van der Waals surface area contributed by atoms with Crippen LogP contribution in [0.15, 0.2) is 77.7 Å². The standard InChI is InChI=1S/C28H30N4O2/c33-26-13-19-32(22-8-2-1-3-9-22)28(26)14-20-29(21-15-28)16-7-18-31-24-11-5-4-10-23(24)30-17-6-12-25(30)27(31)34/h1-6,8-12,17H,7,13-16,18-21H2. The van der Waals surface area contributed by atoms with E-state index < -0.39 is 0 Å². The van der Waals surface area contributed by atoms with E-state index >= 15 is 0 Å². The minimum atomic E-state index is -0.342. The Balaban J connectivity index is 1.15. The number of aryl methyl sites for hydroxylation is 1. The highest BCUT2D eigenvalue weighted by Crippen LogP contribution is 2.39. The summed E-state index contributed by atoms with van der Waals surface area (Å²) in [6.45, 7) is 4.28. The molecule has 0 atom stereocenters. The van der Waals surface area contributed by atoms with Gasteiger partial charge in [-0.15, -0.1) is 0 Å². The van der Waals surface area contributed by atoms with Crippen LogP contribution in [0.1, 0.15) is 25.7 Å². The molecule has 0 radical (unpaired) electrons. The van der Waals surface area contributed by atoms with Crippen molar-refractivity contribution < 1.29 is 4.79 Å². The van der Waals surface area contributed by atoms with Crippen molar-refractivity contribution in [2.45, 2.75) is 37.8 Å². The second kappa shape index (κ2) is 8.44. The molecule has 0 N–H and O–H groups in total. The number of carbonyl (C=O) groups is 1. The summed E-state index contributed by atoms with van der Waals surface area (Å²) < 4.78 is 3.91. The molecule has 4 aromatic rings. The maximum atomic E-state index is 13.1. The lowest BCUT2D eigenvalue weighted by Crippen LogP contribution is -2.56. The predicted octanol–water partition coefficient (Wildman–Crippen LogP) is 3.96. The molecule has 2 aromatic heterocycles. The fourth-order valence-electron chi connectivity index (χ4n) is 6.07. The van der Waals surface area contributed by atoms with Gasteiger partial charge in [-0.1, -0.05) is 30.3 Å². The summed E-state index contributed by atoms with van der Waals surface area (Å²) in [5.74, 6) is 0.398. The molecular weight excluding hydrogens is 424 g/mol. The molecule has 6 rings (SSSR count). The van der Waals surface area contributed by atoms with Gasteiger partial charge >= 0.3 is 0 Å². The molecule has 0 unspecified atom stereocenters. The minimum absolute atomic E-state index is 0.0661. The van der Waals surface area contributed by atoms with Gasteiger partial charge in [-0.3, -0.25) is 9.59 Å². The Morgan fingerprint density at radius 3 is 2.24 bits per heavy atom. The van der Waals surface area contributed by atoms with Gasteiger partial charge in [0.25, 0.3) is 5.56 Å². The number of rotatable bonds is 5. The summed E-state index contributed by atoms with van der Waals surface area (Å²) in [4.78, 5) is 30.9. The van der Waals surface area contributed by atoms with Gasteiger partial charge in [-0.25, -0.2) is 0 Å². The van der Waals surface area contributed by atoms with Crippen LogP contribution in [0.5, 0.6) is 0 Å². The second-order valence-corrected chi connectivity index (χ2v) is 9.60. The molecular formula is C28H30N4O2. The first-order chi connectivity index (χ1) is 16.7. The van der Waals surface area contributed by atoms with E-state index in [-0.39, 0.29) is 11.1 Å². The number of hydrogen-bond acceptors (Lipinski definition) is 4. The zero-order valence-corrected chi connectivity index (χ0v) is 19.4. The van der Waals surface area contributed by atoms with Crippen molar-refractivity contribution >= 4 is 28.0 Å². The number of piperidine rings is 1. The molecule has 4 heterocycles.